The molecule has 4 heterocycles. The number of hydrogen-bond acceptors (Lipinski definition) is 7. The van der Waals surface area contributed by atoms with Gasteiger partial charge in [0.2, 0.25) is 0 Å². The molecule has 0 radical (unpaired) electrons. The molecule has 1 aromatic carbocycles. The average Bonchev–Trinajstić information content (AvgIpc) is 3.24. The Balaban J connectivity index is 1.32. The summed E-state index contributed by atoms with van der Waals surface area (Å²) in [6.45, 7) is 8.15. The van der Waals surface area contributed by atoms with Crippen LogP contribution in [0.2, 0.25) is 0 Å². The van der Waals surface area contributed by atoms with E-state index in [9.17, 15) is 0 Å². The number of aromatic amines is 1. The van der Waals surface area contributed by atoms with Crippen LogP contribution in [0.4, 0.5) is 11.6 Å². The Hall–Kier alpha value is -3.91. The second kappa shape index (κ2) is 9.30. The molecule has 168 valence electrons. The predicted octanol–water partition coefficient (Wildman–Crippen LogP) is 4.70. The van der Waals surface area contributed by atoms with Gasteiger partial charge in [0, 0.05) is 36.7 Å². The fourth-order valence-electron chi connectivity index (χ4n) is 3.96. The summed E-state index contributed by atoms with van der Waals surface area (Å²) in [5, 5.41) is 18.5. The molecule has 0 spiro atoms. The van der Waals surface area contributed by atoms with Crippen LogP contribution < -0.4 is 20.7 Å². The number of fused-ring (bicyclic) bond motifs is 1. The van der Waals surface area contributed by atoms with Gasteiger partial charge in [0.05, 0.1) is 0 Å². The van der Waals surface area contributed by atoms with Crippen LogP contribution in [0.15, 0.2) is 61.4 Å². The van der Waals surface area contributed by atoms with Gasteiger partial charge in [-0.25, -0.2) is 9.97 Å². The molecule has 8 heteroatoms. The van der Waals surface area contributed by atoms with E-state index in [1.165, 1.54) is 0 Å². The number of nitrogens with one attached hydrogen (secondary N) is 4. The highest BCUT2D eigenvalue weighted by atomic mass is 16.5. The zero-order valence-electron chi connectivity index (χ0n) is 18.6. The Labute approximate surface area is 192 Å². The van der Waals surface area contributed by atoms with Gasteiger partial charge in [0.1, 0.15) is 22.7 Å². The third-order valence-electron chi connectivity index (χ3n) is 5.69. The molecule has 0 aliphatic carbocycles. The van der Waals surface area contributed by atoms with Gasteiger partial charge in [-0.05, 0) is 73.8 Å². The third kappa shape index (κ3) is 4.80. The quantitative estimate of drug-likeness (QED) is 0.330. The van der Waals surface area contributed by atoms with E-state index >= 15 is 0 Å². The Morgan fingerprint density at radius 3 is 2.76 bits per heavy atom. The van der Waals surface area contributed by atoms with Gasteiger partial charge in [0.15, 0.2) is 11.5 Å². The SMILES string of the molecule is C=C(Nc1cc(C)ccn1)c1ccc(Oc2ccnc3[nH]nc(N[C@@H]4CCCNC4)c23)cc1. The van der Waals surface area contributed by atoms with Crippen LogP contribution >= 0.6 is 0 Å². The molecule has 1 aliphatic heterocycles. The summed E-state index contributed by atoms with van der Waals surface area (Å²) in [7, 11) is 0. The van der Waals surface area contributed by atoms with Crippen LogP contribution in [0.3, 0.4) is 0 Å². The third-order valence-corrected chi connectivity index (χ3v) is 5.69. The smallest absolute Gasteiger partial charge is 0.161 e. The lowest BCUT2D eigenvalue weighted by Gasteiger charge is -2.23. The predicted molar refractivity (Wildman–Crippen MR) is 132 cm³/mol. The lowest BCUT2D eigenvalue weighted by Crippen LogP contribution is -2.38. The summed E-state index contributed by atoms with van der Waals surface area (Å²) in [6.07, 6.45) is 5.75. The number of pyridine rings is 2. The van der Waals surface area contributed by atoms with Crippen LogP contribution in [0.5, 0.6) is 11.5 Å². The monoisotopic (exact) mass is 441 g/mol. The maximum atomic E-state index is 6.23. The van der Waals surface area contributed by atoms with E-state index in [1.54, 1.807) is 12.4 Å². The van der Waals surface area contributed by atoms with Gasteiger partial charge >= 0.3 is 0 Å². The summed E-state index contributed by atoms with van der Waals surface area (Å²) in [4.78, 5) is 8.73. The van der Waals surface area contributed by atoms with Crippen molar-refractivity contribution >= 4 is 28.4 Å². The first-order chi connectivity index (χ1) is 16.2. The Bertz CT molecular complexity index is 1260. The summed E-state index contributed by atoms with van der Waals surface area (Å²) >= 11 is 0. The van der Waals surface area contributed by atoms with E-state index in [4.69, 9.17) is 4.74 Å². The van der Waals surface area contributed by atoms with Gasteiger partial charge in [-0.1, -0.05) is 6.58 Å². The standard InChI is InChI=1S/C25H27N7O/c1-16-9-12-27-22(14-16)29-17(2)18-5-7-20(8-6-18)33-21-10-13-28-24-23(21)25(32-31-24)30-19-4-3-11-26-15-19/h5-10,12-14,19,26H,2-4,11,15H2,1H3,(H,27,29)(H2,28,30,31,32)/t19-/m1/s1. The number of aryl methyl sites for hydroxylation is 1. The minimum Gasteiger partial charge on any atom is -0.456 e. The molecule has 3 aromatic heterocycles. The van der Waals surface area contributed by atoms with Gasteiger partial charge in [-0.15, -0.1) is 0 Å². The van der Waals surface area contributed by atoms with E-state index in [1.807, 2.05) is 49.4 Å². The summed E-state index contributed by atoms with van der Waals surface area (Å²) < 4.78 is 6.23. The number of ether oxygens (including phenoxy) is 1. The number of hydrogen-bond donors (Lipinski definition) is 4. The van der Waals surface area contributed by atoms with Crippen molar-refractivity contribution in [2.24, 2.45) is 0 Å². The zero-order chi connectivity index (χ0) is 22.6. The van der Waals surface area contributed by atoms with Gasteiger partial charge < -0.3 is 20.7 Å². The van der Waals surface area contributed by atoms with Crippen molar-refractivity contribution in [1.29, 1.82) is 0 Å². The molecule has 1 saturated heterocycles. The van der Waals surface area contributed by atoms with E-state index < -0.39 is 0 Å². The van der Waals surface area contributed by atoms with Crippen molar-refractivity contribution in [3.05, 3.63) is 72.6 Å². The first-order valence-corrected chi connectivity index (χ1v) is 11.1. The van der Waals surface area contributed by atoms with Gasteiger partial charge in [-0.2, -0.15) is 5.10 Å². The summed E-state index contributed by atoms with van der Waals surface area (Å²) in [6, 6.07) is 13.9. The number of benzene rings is 1. The van der Waals surface area contributed by atoms with Crippen molar-refractivity contribution in [1.82, 2.24) is 25.5 Å². The second-order valence-corrected chi connectivity index (χ2v) is 8.24. The van der Waals surface area contributed by atoms with Crippen molar-refractivity contribution in [3.63, 3.8) is 0 Å². The number of anilines is 2. The number of aromatic nitrogens is 4. The lowest BCUT2D eigenvalue weighted by atomic mass is 10.1. The van der Waals surface area contributed by atoms with Crippen LogP contribution in [0.1, 0.15) is 24.0 Å². The molecule has 0 unspecified atom stereocenters. The highest BCUT2D eigenvalue weighted by Gasteiger charge is 2.18. The largest absolute Gasteiger partial charge is 0.456 e. The van der Waals surface area contributed by atoms with Crippen LogP contribution in [0, 0.1) is 6.92 Å². The molecule has 0 amide bonds. The zero-order valence-corrected chi connectivity index (χ0v) is 18.6. The van der Waals surface area contributed by atoms with E-state index in [2.05, 4.69) is 42.7 Å². The van der Waals surface area contributed by atoms with Gasteiger partial charge in [0.25, 0.3) is 0 Å². The Morgan fingerprint density at radius 2 is 1.97 bits per heavy atom. The highest BCUT2D eigenvalue weighted by molar-refractivity contribution is 5.93. The maximum Gasteiger partial charge on any atom is 0.161 e. The molecule has 1 atom stereocenters. The molecular formula is C25H27N7O. The average molecular weight is 442 g/mol. The topological polar surface area (TPSA) is 99.8 Å². The van der Waals surface area contributed by atoms with Crippen molar-refractivity contribution < 1.29 is 4.74 Å². The van der Waals surface area contributed by atoms with E-state index in [0.29, 0.717) is 17.4 Å². The second-order valence-electron chi connectivity index (χ2n) is 8.24. The normalized spacial score (nSPS) is 15.8. The lowest BCUT2D eigenvalue weighted by molar-refractivity contribution is 0.478. The first kappa shape index (κ1) is 21.0. The molecule has 33 heavy (non-hydrogen) atoms. The van der Waals surface area contributed by atoms with E-state index in [0.717, 1.165) is 65.5 Å². The van der Waals surface area contributed by atoms with Crippen molar-refractivity contribution in [2.45, 2.75) is 25.8 Å². The van der Waals surface area contributed by atoms with Crippen molar-refractivity contribution in [2.75, 3.05) is 23.7 Å². The Morgan fingerprint density at radius 1 is 1.12 bits per heavy atom. The van der Waals surface area contributed by atoms with Crippen LogP contribution in [0.25, 0.3) is 16.7 Å². The van der Waals surface area contributed by atoms with Crippen LogP contribution in [-0.2, 0) is 0 Å². The molecule has 5 rings (SSSR count). The first-order valence-electron chi connectivity index (χ1n) is 11.1. The minimum atomic E-state index is 0.332. The number of nitrogens with zero attached hydrogens (tertiary/aromatic N) is 3. The molecule has 0 saturated carbocycles. The summed E-state index contributed by atoms with van der Waals surface area (Å²) in [5.41, 5.74) is 3.56. The number of piperidine rings is 1. The van der Waals surface area contributed by atoms with Crippen molar-refractivity contribution in [3.8, 4) is 11.5 Å². The number of H-pyrrole nitrogens is 1. The molecule has 1 fully saturated rings. The fourth-order valence-corrected chi connectivity index (χ4v) is 3.96. The fraction of sp³-hybridized carbons (Fsp3) is 0.240. The molecule has 1 aliphatic rings. The van der Waals surface area contributed by atoms with Crippen LogP contribution in [-0.4, -0.2) is 39.3 Å². The molecule has 4 aromatic rings. The molecule has 4 N–H and O–H groups in total. The minimum absolute atomic E-state index is 0.332. The Kier molecular flexibility index (Phi) is 5.91. The summed E-state index contributed by atoms with van der Waals surface area (Å²) in [5.74, 6) is 2.96. The van der Waals surface area contributed by atoms with E-state index in [-0.39, 0.29) is 0 Å². The molecule has 0 bridgehead atoms. The van der Waals surface area contributed by atoms with Gasteiger partial charge in [-0.3, -0.25) is 5.10 Å². The molecular weight excluding hydrogens is 414 g/mol. The highest BCUT2D eigenvalue weighted by Crippen LogP contribution is 2.33. The maximum absolute atomic E-state index is 6.23. The number of rotatable bonds is 7. The molecule has 8 nitrogen and oxygen atoms in total.